The average Bonchev–Trinajstić information content (AvgIpc) is 2.73. The Bertz CT molecular complexity index is 965. The van der Waals surface area contributed by atoms with Gasteiger partial charge in [-0.25, -0.2) is 4.79 Å². The fraction of sp³-hybridized carbons (Fsp3) is 0.136. The van der Waals surface area contributed by atoms with E-state index in [4.69, 9.17) is 25.8 Å². The fourth-order valence-electron chi connectivity index (χ4n) is 3.01. The highest BCUT2D eigenvalue weighted by atomic mass is 35.5. The molecule has 0 aliphatic carbocycles. The van der Waals surface area contributed by atoms with Gasteiger partial charge in [0, 0.05) is 5.56 Å². The predicted octanol–water partition coefficient (Wildman–Crippen LogP) is 5.31. The summed E-state index contributed by atoms with van der Waals surface area (Å²) in [5, 5.41) is 9.62. The molecule has 0 heterocycles. The number of carboxylic acids is 1. The number of aromatic carboxylic acids is 1. The SMILES string of the molecule is COc1ccc(-c2ccc(C(=O)O)c(OCCl)c2-c2ccc(OC)cc2)cc1. The molecule has 0 aromatic heterocycles. The van der Waals surface area contributed by atoms with Gasteiger partial charge in [-0.3, -0.25) is 0 Å². The summed E-state index contributed by atoms with van der Waals surface area (Å²) in [5.41, 5.74) is 3.19. The maximum Gasteiger partial charge on any atom is 0.339 e. The van der Waals surface area contributed by atoms with Crippen LogP contribution in [0.2, 0.25) is 0 Å². The molecule has 0 saturated carbocycles. The molecule has 144 valence electrons. The van der Waals surface area contributed by atoms with Crippen molar-refractivity contribution in [3.63, 3.8) is 0 Å². The van der Waals surface area contributed by atoms with Gasteiger partial charge in [0.25, 0.3) is 0 Å². The quantitative estimate of drug-likeness (QED) is 0.546. The molecule has 0 saturated heterocycles. The van der Waals surface area contributed by atoms with Crippen LogP contribution in [-0.4, -0.2) is 31.4 Å². The lowest BCUT2D eigenvalue weighted by atomic mass is 9.91. The van der Waals surface area contributed by atoms with Crippen LogP contribution in [0.25, 0.3) is 22.3 Å². The highest BCUT2D eigenvalue weighted by Crippen LogP contribution is 2.42. The first kappa shape index (κ1) is 19.6. The van der Waals surface area contributed by atoms with Crippen molar-refractivity contribution < 1.29 is 24.1 Å². The molecule has 1 N–H and O–H groups in total. The second kappa shape index (κ2) is 8.67. The van der Waals surface area contributed by atoms with Crippen molar-refractivity contribution in [2.75, 3.05) is 20.3 Å². The normalized spacial score (nSPS) is 10.4. The minimum Gasteiger partial charge on any atom is -0.497 e. The summed E-state index contributed by atoms with van der Waals surface area (Å²) in [6.07, 6.45) is 0. The van der Waals surface area contributed by atoms with E-state index in [1.54, 1.807) is 20.3 Å². The number of ether oxygens (including phenoxy) is 3. The van der Waals surface area contributed by atoms with Crippen molar-refractivity contribution in [1.29, 1.82) is 0 Å². The molecule has 3 aromatic rings. The van der Waals surface area contributed by atoms with Gasteiger partial charge in [-0.05, 0) is 47.0 Å². The van der Waals surface area contributed by atoms with Crippen LogP contribution in [0.1, 0.15) is 10.4 Å². The minimum atomic E-state index is -1.09. The van der Waals surface area contributed by atoms with E-state index in [2.05, 4.69) is 0 Å². The number of benzene rings is 3. The van der Waals surface area contributed by atoms with E-state index in [0.29, 0.717) is 11.3 Å². The summed E-state index contributed by atoms with van der Waals surface area (Å²) in [4.78, 5) is 11.8. The summed E-state index contributed by atoms with van der Waals surface area (Å²) in [7, 11) is 3.19. The van der Waals surface area contributed by atoms with E-state index >= 15 is 0 Å². The number of hydrogen-bond acceptors (Lipinski definition) is 4. The zero-order valence-electron chi connectivity index (χ0n) is 15.4. The van der Waals surface area contributed by atoms with Crippen molar-refractivity contribution in [2.45, 2.75) is 0 Å². The Kier molecular flexibility index (Phi) is 6.06. The third-order valence-electron chi connectivity index (χ3n) is 4.37. The molecule has 28 heavy (non-hydrogen) atoms. The molecule has 3 rings (SSSR count). The van der Waals surface area contributed by atoms with Gasteiger partial charge in [0.05, 0.1) is 14.2 Å². The first-order valence-electron chi connectivity index (χ1n) is 8.47. The molecular formula is C22H19ClO5. The highest BCUT2D eigenvalue weighted by molar-refractivity contribution is 6.17. The van der Waals surface area contributed by atoms with Gasteiger partial charge < -0.3 is 19.3 Å². The lowest BCUT2D eigenvalue weighted by Gasteiger charge is -2.18. The van der Waals surface area contributed by atoms with Crippen molar-refractivity contribution in [1.82, 2.24) is 0 Å². The molecule has 0 radical (unpaired) electrons. The topological polar surface area (TPSA) is 65.0 Å². The molecule has 0 unspecified atom stereocenters. The number of carbonyl (C=O) groups is 1. The number of alkyl halides is 1. The van der Waals surface area contributed by atoms with Crippen molar-refractivity contribution >= 4 is 17.6 Å². The zero-order valence-corrected chi connectivity index (χ0v) is 16.2. The number of halogens is 1. The van der Waals surface area contributed by atoms with Crippen molar-refractivity contribution in [3.05, 3.63) is 66.2 Å². The standard InChI is InChI=1S/C22H19ClO5/c1-26-16-7-3-14(4-8-16)18-11-12-19(22(24)25)21(28-13-23)20(18)15-5-9-17(27-2)10-6-15/h3-12H,13H2,1-2H3,(H,24,25). The van der Waals surface area contributed by atoms with E-state index in [0.717, 1.165) is 22.4 Å². The first-order valence-corrected chi connectivity index (χ1v) is 9.00. The Balaban J connectivity index is 2.28. The highest BCUT2D eigenvalue weighted by Gasteiger charge is 2.21. The molecule has 0 bridgehead atoms. The van der Waals surface area contributed by atoms with Gasteiger partial charge in [0.2, 0.25) is 0 Å². The van der Waals surface area contributed by atoms with Gasteiger partial charge in [0.15, 0.2) is 6.07 Å². The summed E-state index contributed by atoms with van der Waals surface area (Å²) in [6.45, 7) is 0. The minimum absolute atomic E-state index is 0.0451. The molecule has 0 aliphatic heterocycles. The molecule has 0 aliphatic rings. The van der Waals surface area contributed by atoms with Crippen LogP contribution in [0.3, 0.4) is 0 Å². The molecule has 0 atom stereocenters. The van der Waals surface area contributed by atoms with Crippen LogP contribution >= 0.6 is 11.6 Å². The molecule has 0 amide bonds. The molecule has 0 fully saturated rings. The van der Waals surface area contributed by atoms with Crippen LogP contribution in [0.4, 0.5) is 0 Å². The Hall–Kier alpha value is -3.18. The van der Waals surface area contributed by atoms with E-state index in [-0.39, 0.29) is 17.4 Å². The van der Waals surface area contributed by atoms with Gasteiger partial charge in [-0.1, -0.05) is 41.9 Å². The van der Waals surface area contributed by atoms with E-state index < -0.39 is 5.97 Å². The first-order chi connectivity index (χ1) is 13.6. The molecule has 3 aromatic carbocycles. The van der Waals surface area contributed by atoms with Crippen LogP contribution in [0, 0.1) is 0 Å². The van der Waals surface area contributed by atoms with Gasteiger partial charge in [-0.2, -0.15) is 0 Å². The molecule has 5 nitrogen and oxygen atoms in total. The third-order valence-corrected chi connectivity index (χ3v) is 4.48. The Morgan fingerprint density at radius 1 is 0.857 bits per heavy atom. The fourth-order valence-corrected chi connectivity index (χ4v) is 3.12. The summed E-state index contributed by atoms with van der Waals surface area (Å²) >= 11 is 5.81. The second-order valence-corrected chi connectivity index (χ2v) is 6.10. The van der Waals surface area contributed by atoms with E-state index in [9.17, 15) is 9.90 Å². The Morgan fingerprint density at radius 2 is 1.39 bits per heavy atom. The van der Waals surface area contributed by atoms with Crippen LogP contribution in [0.15, 0.2) is 60.7 Å². The van der Waals surface area contributed by atoms with Crippen LogP contribution in [0.5, 0.6) is 17.2 Å². The smallest absolute Gasteiger partial charge is 0.339 e. The second-order valence-electron chi connectivity index (χ2n) is 5.88. The predicted molar refractivity (Wildman–Crippen MR) is 109 cm³/mol. The van der Waals surface area contributed by atoms with Gasteiger partial charge >= 0.3 is 5.97 Å². The monoisotopic (exact) mass is 398 g/mol. The maximum atomic E-state index is 11.8. The van der Waals surface area contributed by atoms with Crippen molar-refractivity contribution in [2.24, 2.45) is 0 Å². The Labute approximate surface area is 168 Å². The summed E-state index contributed by atoms with van der Waals surface area (Å²) in [6, 6.07) is 18.0. The Morgan fingerprint density at radius 3 is 1.86 bits per heavy atom. The number of hydrogen-bond donors (Lipinski definition) is 1. The van der Waals surface area contributed by atoms with Gasteiger partial charge in [-0.15, -0.1) is 0 Å². The molecular weight excluding hydrogens is 380 g/mol. The molecule has 0 spiro atoms. The van der Waals surface area contributed by atoms with E-state index in [1.165, 1.54) is 6.07 Å². The largest absolute Gasteiger partial charge is 0.497 e. The molecule has 6 heteroatoms. The number of carboxylic acid groups (broad SMARTS) is 1. The van der Waals surface area contributed by atoms with Crippen LogP contribution < -0.4 is 14.2 Å². The lowest BCUT2D eigenvalue weighted by molar-refractivity contribution is 0.0693. The zero-order chi connectivity index (χ0) is 20.1. The number of methoxy groups -OCH3 is 2. The number of rotatable bonds is 7. The summed E-state index contributed by atoms with van der Waals surface area (Å²) < 4.78 is 16.0. The van der Waals surface area contributed by atoms with Crippen molar-refractivity contribution in [3.8, 4) is 39.5 Å². The third kappa shape index (κ3) is 3.89. The lowest BCUT2D eigenvalue weighted by Crippen LogP contribution is -2.05. The van der Waals surface area contributed by atoms with Gasteiger partial charge in [0.1, 0.15) is 22.8 Å². The van der Waals surface area contributed by atoms with Crippen LogP contribution in [-0.2, 0) is 0 Å². The van der Waals surface area contributed by atoms with E-state index in [1.807, 2.05) is 48.5 Å². The average molecular weight is 399 g/mol. The summed E-state index contributed by atoms with van der Waals surface area (Å²) in [5.74, 6) is 0.565. The maximum absolute atomic E-state index is 11.8.